The molecular formula is C14H11Br2ClFN. The maximum atomic E-state index is 14.2. The highest BCUT2D eigenvalue weighted by Gasteiger charge is 2.20. The molecule has 0 aliphatic heterocycles. The van der Waals surface area contributed by atoms with E-state index in [1.54, 1.807) is 25.2 Å². The normalized spacial score (nSPS) is 12.5. The zero-order chi connectivity index (χ0) is 14.0. The zero-order valence-electron chi connectivity index (χ0n) is 10.1. The summed E-state index contributed by atoms with van der Waals surface area (Å²) in [6.07, 6.45) is 0. The van der Waals surface area contributed by atoms with E-state index >= 15 is 0 Å². The van der Waals surface area contributed by atoms with Crippen molar-refractivity contribution >= 4 is 43.5 Å². The Bertz CT molecular complexity index is 602. The van der Waals surface area contributed by atoms with E-state index in [1.807, 2.05) is 18.2 Å². The standard InChI is InChI=1S/C14H11Br2ClFN/c1-19-14(9-3-2-4-12(17)13(9)18)10-7-8(15)5-6-11(10)16/h2-7,14,19H,1H3. The van der Waals surface area contributed by atoms with Crippen LogP contribution in [0.5, 0.6) is 0 Å². The molecule has 1 nitrogen and oxygen atoms in total. The second-order valence-corrected chi connectivity index (χ2v) is 6.21. The van der Waals surface area contributed by atoms with Gasteiger partial charge in [0.2, 0.25) is 0 Å². The third kappa shape index (κ3) is 3.19. The molecule has 1 atom stereocenters. The summed E-state index contributed by atoms with van der Waals surface area (Å²) in [6.45, 7) is 0. The lowest BCUT2D eigenvalue weighted by molar-refractivity contribution is 0.576. The molecule has 5 heteroatoms. The van der Waals surface area contributed by atoms with Gasteiger partial charge in [0.05, 0.1) is 11.1 Å². The first-order valence-corrected chi connectivity index (χ1v) is 7.57. The molecule has 0 aromatic heterocycles. The number of halogens is 4. The molecule has 2 aromatic rings. The van der Waals surface area contributed by atoms with Crippen molar-refractivity contribution in [3.63, 3.8) is 0 Å². The van der Waals surface area contributed by atoms with E-state index in [0.29, 0.717) is 5.56 Å². The minimum Gasteiger partial charge on any atom is -0.309 e. The lowest BCUT2D eigenvalue weighted by Crippen LogP contribution is -2.19. The van der Waals surface area contributed by atoms with Crippen molar-refractivity contribution in [2.75, 3.05) is 7.05 Å². The first-order valence-electron chi connectivity index (χ1n) is 5.60. The predicted molar refractivity (Wildman–Crippen MR) is 84.2 cm³/mol. The molecule has 0 radical (unpaired) electrons. The highest BCUT2D eigenvalue weighted by Crippen LogP contribution is 2.33. The van der Waals surface area contributed by atoms with Crippen molar-refractivity contribution in [2.45, 2.75) is 6.04 Å². The molecule has 2 rings (SSSR count). The van der Waals surface area contributed by atoms with Crippen LogP contribution in [-0.4, -0.2) is 7.05 Å². The van der Waals surface area contributed by atoms with Crippen LogP contribution in [0.25, 0.3) is 0 Å². The molecule has 0 aliphatic rings. The summed E-state index contributed by atoms with van der Waals surface area (Å²) in [7, 11) is 1.79. The molecular weight excluding hydrogens is 396 g/mol. The van der Waals surface area contributed by atoms with E-state index in [9.17, 15) is 4.39 Å². The zero-order valence-corrected chi connectivity index (χ0v) is 14.0. The Hall–Kier alpha value is -0.420. The summed E-state index contributed by atoms with van der Waals surface area (Å²) in [4.78, 5) is 0. The van der Waals surface area contributed by atoms with Gasteiger partial charge < -0.3 is 5.32 Å². The highest BCUT2D eigenvalue weighted by atomic mass is 79.9. The van der Waals surface area contributed by atoms with E-state index in [2.05, 4.69) is 37.2 Å². The smallest absolute Gasteiger partial charge is 0.146 e. The van der Waals surface area contributed by atoms with Crippen LogP contribution in [0, 0.1) is 5.82 Å². The van der Waals surface area contributed by atoms with Gasteiger partial charge in [0.1, 0.15) is 5.82 Å². The van der Waals surface area contributed by atoms with E-state index < -0.39 is 5.82 Å². The van der Waals surface area contributed by atoms with Gasteiger partial charge in [-0.15, -0.1) is 0 Å². The van der Waals surface area contributed by atoms with Gasteiger partial charge in [-0.2, -0.15) is 0 Å². The molecule has 1 unspecified atom stereocenters. The number of rotatable bonds is 3. The van der Waals surface area contributed by atoms with Gasteiger partial charge in [-0.25, -0.2) is 4.39 Å². The Morgan fingerprint density at radius 3 is 2.58 bits per heavy atom. The van der Waals surface area contributed by atoms with Crippen molar-refractivity contribution in [3.05, 3.63) is 67.3 Å². The Balaban J connectivity index is 2.56. The van der Waals surface area contributed by atoms with Gasteiger partial charge in [-0.3, -0.25) is 0 Å². The van der Waals surface area contributed by atoms with Crippen molar-refractivity contribution in [1.29, 1.82) is 0 Å². The maximum Gasteiger partial charge on any atom is 0.146 e. The Labute approximate surface area is 133 Å². The van der Waals surface area contributed by atoms with Gasteiger partial charge in [0.25, 0.3) is 0 Å². The molecule has 0 bridgehead atoms. The summed E-state index contributed by atoms with van der Waals surface area (Å²) in [6, 6.07) is 10.5. The van der Waals surface area contributed by atoms with Crippen molar-refractivity contribution in [1.82, 2.24) is 5.32 Å². The summed E-state index contributed by atoms with van der Waals surface area (Å²) in [5.41, 5.74) is 1.46. The Morgan fingerprint density at radius 2 is 1.89 bits per heavy atom. The Kier molecular flexibility index (Phi) is 5.01. The average molecular weight is 408 g/mol. The molecule has 0 spiro atoms. The molecule has 0 fully saturated rings. The fraction of sp³-hybridized carbons (Fsp3) is 0.143. The molecule has 0 saturated carbocycles. The molecule has 0 aliphatic carbocycles. The molecule has 100 valence electrons. The predicted octanol–water partition coefficient (Wildman–Crippen LogP) is 5.31. The number of hydrogen-bond acceptors (Lipinski definition) is 1. The van der Waals surface area contributed by atoms with E-state index in [4.69, 9.17) is 11.6 Å². The van der Waals surface area contributed by atoms with Crippen LogP contribution in [0.3, 0.4) is 0 Å². The average Bonchev–Trinajstić information content (AvgIpc) is 2.39. The van der Waals surface area contributed by atoms with Crippen molar-refractivity contribution in [2.24, 2.45) is 0 Å². The van der Waals surface area contributed by atoms with Crippen LogP contribution in [0.4, 0.5) is 4.39 Å². The minimum atomic E-state index is -0.393. The molecule has 0 saturated heterocycles. The molecule has 0 amide bonds. The van der Waals surface area contributed by atoms with Crippen LogP contribution >= 0.6 is 43.5 Å². The number of benzene rings is 2. The fourth-order valence-electron chi connectivity index (χ4n) is 1.96. The summed E-state index contributed by atoms with van der Waals surface area (Å²) >= 11 is 12.8. The largest absolute Gasteiger partial charge is 0.309 e. The first kappa shape index (κ1) is 15.0. The monoisotopic (exact) mass is 405 g/mol. The summed E-state index contributed by atoms with van der Waals surface area (Å²) in [5, 5.41) is 3.25. The van der Waals surface area contributed by atoms with Crippen LogP contribution in [-0.2, 0) is 0 Å². The van der Waals surface area contributed by atoms with E-state index in [1.165, 1.54) is 0 Å². The highest BCUT2D eigenvalue weighted by molar-refractivity contribution is 9.11. The third-order valence-electron chi connectivity index (χ3n) is 2.85. The van der Waals surface area contributed by atoms with Crippen molar-refractivity contribution in [3.8, 4) is 0 Å². The van der Waals surface area contributed by atoms with Gasteiger partial charge in [0, 0.05) is 14.5 Å². The quantitative estimate of drug-likeness (QED) is 0.727. The van der Waals surface area contributed by atoms with E-state index in [-0.39, 0.29) is 11.1 Å². The SMILES string of the molecule is CNC(c1cc(Br)ccc1Br)c1cccc(Cl)c1F. The van der Waals surface area contributed by atoms with Gasteiger partial charge in [0.15, 0.2) is 0 Å². The van der Waals surface area contributed by atoms with Gasteiger partial charge in [-0.1, -0.05) is 55.6 Å². The summed E-state index contributed by atoms with van der Waals surface area (Å²) < 4.78 is 16.0. The van der Waals surface area contributed by atoms with Gasteiger partial charge >= 0.3 is 0 Å². The van der Waals surface area contributed by atoms with Crippen LogP contribution in [0.2, 0.25) is 5.02 Å². The molecule has 19 heavy (non-hydrogen) atoms. The second kappa shape index (κ2) is 6.35. The lowest BCUT2D eigenvalue weighted by Gasteiger charge is -2.20. The lowest BCUT2D eigenvalue weighted by atomic mass is 9.98. The molecule has 1 N–H and O–H groups in total. The van der Waals surface area contributed by atoms with Gasteiger partial charge in [-0.05, 0) is 36.9 Å². The third-order valence-corrected chi connectivity index (χ3v) is 4.36. The maximum absolute atomic E-state index is 14.2. The van der Waals surface area contributed by atoms with E-state index in [0.717, 1.165) is 14.5 Å². The minimum absolute atomic E-state index is 0.129. The molecule has 2 aromatic carbocycles. The number of hydrogen-bond donors (Lipinski definition) is 1. The second-order valence-electron chi connectivity index (χ2n) is 4.03. The number of nitrogens with one attached hydrogen (secondary N) is 1. The Morgan fingerprint density at radius 1 is 1.16 bits per heavy atom. The van der Waals surface area contributed by atoms with Crippen LogP contribution in [0.15, 0.2) is 45.3 Å². The first-order chi connectivity index (χ1) is 9.04. The molecule has 0 heterocycles. The van der Waals surface area contributed by atoms with Crippen molar-refractivity contribution < 1.29 is 4.39 Å². The topological polar surface area (TPSA) is 12.0 Å². The van der Waals surface area contributed by atoms with Crippen LogP contribution < -0.4 is 5.32 Å². The van der Waals surface area contributed by atoms with Crippen LogP contribution in [0.1, 0.15) is 17.2 Å². The summed E-state index contributed by atoms with van der Waals surface area (Å²) in [5.74, 6) is -0.393. The fourth-order valence-corrected chi connectivity index (χ4v) is 2.99.